The molecule has 0 unspecified atom stereocenters. The lowest BCUT2D eigenvalue weighted by atomic mass is 10.4. The number of nitrogens with zero attached hydrogens (tertiary/aromatic N) is 3. The predicted molar refractivity (Wildman–Crippen MR) is 64.6 cm³/mol. The van der Waals surface area contributed by atoms with E-state index >= 15 is 0 Å². The molecule has 0 aliphatic carbocycles. The Bertz CT molecular complexity index is 535. The molecule has 4 N–H and O–H groups in total. The van der Waals surface area contributed by atoms with Crippen LogP contribution in [0.25, 0.3) is 5.65 Å². The van der Waals surface area contributed by atoms with Crippen LogP contribution in [0.15, 0.2) is 18.6 Å². The predicted octanol–water partition coefficient (Wildman–Crippen LogP) is -0.141. The number of aromatic nitrogens is 3. The van der Waals surface area contributed by atoms with Gasteiger partial charge in [-0.3, -0.25) is 4.79 Å². The molecule has 2 heterocycles. The van der Waals surface area contributed by atoms with E-state index in [1.165, 1.54) is 0 Å². The van der Waals surface area contributed by atoms with E-state index < -0.39 is 0 Å². The summed E-state index contributed by atoms with van der Waals surface area (Å²) in [4.78, 5) is 19.4. The topological polar surface area (TPSA) is 97.3 Å². The molecule has 0 bridgehead atoms. The zero-order chi connectivity index (χ0) is 12.3. The normalized spacial score (nSPS) is 10.4. The van der Waals surface area contributed by atoms with Crippen LogP contribution in [0, 0.1) is 0 Å². The van der Waals surface area contributed by atoms with E-state index in [0.29, 0.717) is 30.2 Å². The van der Waals surface area contributed by atoms with Crippen LogP contribution in [0.2, 0.25) is 0 Å². The largest absolute Gasteiger partial charge is 0.382 e. The fraction of sp³-hybridized carbons (Fsp3) is 0.300. The lowest BCUT2D eigenvalue weighted by Crippen LogP contribution is -2.21. The lowest BCUT2D eigenvalue weighted by Gasteiger charge is -2.07. The number of carbonyl (C=O) groups is 1. The fourth-order valence-corrected chi connectivity index (χ4v) is 1.49. The highest BCUT2D eigenvalue weighted by Gasteiger charge is 2.06. The van der Waals surface area contributed by atoms with E-state index in [1.54, 1.807) is 30.0 Å². The monoisotopic (exact) mass is 234 g/mol. The number of anilines is 2. The zero-order valence-electron chi connectivity index (χ0n) is 9.47. The summed E-state index contributed by atoms with van der Waals surface area (Å²) in [6.07, 6.45) is 5.52. The van der Waals surface area contributed by atoms with Gasteiger partial charge < -0.3 is 20.8 Å². The Morgan fingerprint density at radius 2 is 2.41 bits per heavy atom. The van der Waals surface area contributed by atoms with Crippen LogP contribution in [0.4, 0.5) is 11.6 Å². The van der Waals surface area contributed by atoms with Crippen molar-refractivity contribution in [2.24, 2.45) is 0 Å². The van der Waals surface area contributed by atoms with Crippen LogP contribution in [0.3, 0.4) is 0 Å². The average Bonchev–Trinajstić information content (AvgIpc) is 2.76. The van der Waals surface area contributed by atoms with Crippen molar-refractivity contribution in [1.29, 1.82) is 0 Å². The van der Waals surface area contributed by atoms with Gasteiger partial charge in [0.15, 0.2) is 11.5 Å². The average molecular weight is 234 g/mol. The first-order valence-corrected chi connectivity index (χ1v) is 5.24. The second-order valence-electron chi connectivity index (χ2n) is 3.52. The van der Waals surface area contributed by atoms with Crippen LogP contribution in [0.5, 0.6) is 0 Å². The van der Waals surface area contributed by atoms with Gasteiger partial charge in [0.25, 0.3) is 0 Å². The van der Waals surface area contributed by atoms with Gasteiger partial charge in [0.2, 0.25) is 5.91 Å². The number of rotatable bonds is 4. The number of nitrogen functional groups attached to an aromatic ring is 1. The molecule has 2 aromatic rings. The molecule has 0 saturated carbocycles. The minimum atomic E-state index is -0.0271. The third-order valence-corrected chi connectivity index (χ3v) is 2.32. The second kappa shape index (κ2) is 4.69. The van der Waals surface area contributed by atoms with Crippen molar-refractivity contribution in [3.8, 4) is 0 Å². The molecule has 1 amide bonds. The van der Waals surface area contributed by atoms with Crippen LogP contribution in [0.1, 0.15) is 6.42 Å². The van der Waals surface area contributed by atoms with Crippen molar-refractivity contribution in [1.82, 2.24) is 19.7 Å². The maximum Gasteiger partial charge on any atom is 0.221 e. The number of amides is 1. The molecule has 0 aliphatic heterocycles. The highest BCUT2D eigenvalue weighted by atomic mass is 16.1. The molecule has 0 saturated heterocycles. The van der Waals surface area contributed by atoms with Gasteiger partial charge in [0.1, 0.15) is 5.82 Å². The van der Waals surface area contributed by atoms with Gasteiger partial charge in [-0.1, -0.05) is 0 Å². The maximum atomic E-state index is 11.1. The summed E-state index contributed by atoms with van der Waals surface area (Å²) in [6, 6.07) is 0. The molecule has 0 aromatic carbocycles. The molecule has 17 heavy (non-hydrogen) atoms. The van der Waals surface area contributed by atoms with E-state index in [-0.39, 0.29) is 5.91 Å². The van der Waals surface area contributed by atoms with Crippen molar-refractivity contribution >= 4 is 23.2 Å². The number of fused-ring (bicyclic) bond motifs is 1. The van der Waals surface area contributed by atoms with E-state index in [4.69, 9.17) is 5.73 Å². The van der Waals surface area contributed by atoms with Crippen LogP contribution in [-0.4, -0.2) is 33.9 Å². The first-order chi connectivity index (χ1) is 8.20. The van der Waals surface area contributed by atoms with Crippen LogP contribution in [-0.2, 0) is 4.79 Å². The van der Waals surface area contributed by atoms with Gasteiger partial charge in [-0.2, -0.15) is 0 Å². The number of nitrogens with two attached hydrogens (primary N) is 1. The second-order valence-corrected chi connectivity index (χ2v) is 3.52. The molecule has 2 aromatic heterocycles. The Hall–Kier alpha value is -2.31. The summed E-state index contributed by atoms with van der Waals surface area (Å²) >= 11 is 0. The Morgan fingerprint density at radius 3 is 3.18 bits per heavy atom. The molecular weight excluding hydrogens is 220 g/mol. The fourth-order valence-electron chi connectivity index (χ4n) is 1.49. The number of hydrogen-bond donors (Lipinski definition) is 3. The van der Waals surface area contributed by atoms with Crippen molar-refractivity contribution < 1.29 is 4.79 Å². The van der Waals surface area contributed by atoms with Crippen LogP contribution >= 0.6 is 0 Å². The highest BCUT2D eigenvalue weighted by Crippen LogP contribution is 2.14. The molecule has 7 heteroatoms. The van der Waals surface area contributed by atoms with Crippen molar-refractivity contribution in [3.63, 3.8) is 0 Å². The Morgan fingerprint density at radius 1 is 1.59 bits per heavy atom. The van der Waals surface area contributed by atoms with Gasteiger partial charge in [-0.25, -0.2) is 9.97 Å². The summed E-state index contributed by atoms with van der Waals surface area (Å²) in [5.41, 5.74) is 6.35. The van der Waals surface area contributed by atoms with Crippen molar-refractivity contribution in [3.05, 3.63) is 18.6 Å². The summed E-state index contributed by atoms with van der Waals surface area (Å²) in [7, 11) is 1.61. The van der Waals surface area contributed by atoms with E-state index in [9.17, 15) is 4.79 Å². The third-order valence-electron chi connectivity index (χ3n) is 2.32. The van der Waals surface area contributed by atoms with Crippen LogP contribution < -0.4 is 16.4 Å². The Labute approximate surface area is 98.0 Å². The number of carbonyl (C=O) groups excluding carboxylic acids is 1. The van der Waals surface area contributed by atoms with Crippen molar-refractivity contribution in [2.45, 2.75) is 6.42 Å². The summed E-state index contributed by atoms with van der Waals surface area (Å²) in [5.74, 6) is 0.956. The molecule has 0 aliphatic rings. The Balaban J connectivity index is 2.12. The third kappa shape index (κ3) is 2.44. The smallest absolute Gasteiger partial charge is 0.221 e. The Kier molecular flexibility index (Phi) is 3.08. The molecular formula is C10H14N6O. The zero-order valence-corrected chi connectivity index (χ0v) is 9.47. The minimum Gasteiger partial charge on any atom is -0.382 e. The standard InChI is InChI=1S/C10H14N6O/c1-12-8(17)2-3-13-9-10-14-4-5-16(10)6-7(11)15-9/h4-6H,2-3,11H2,1H3,(H,12,17)(H,13,15). The summed E-state index contributed by atoms with van der Waals surface area (Å²) in [6.45, 7) is 0.485. The summed E-state index contributed by atoms with van der Waals surface area (Å²) < 4.78 is 1.78. The van der Waals surface area contributed by atoms with Gasteiger partial charge in [0, 0.05) is 32.4 Å². The van der Waals surface area contributed by atoms with E-state index in [0.717, 1.165) is 0 Å². The lowest BCUT2D eigenvalue weighted by molar-refractivity contribution is -0.120. The number of hydrogen-bond acceptors (Lipinski definition) is 5. The molecule has 0 radical (unpaired) electrons. The first-order valence-electron chi connectivity index (χ1n) is 5.24. The molecule has 7 nitrogen and oxygen atoms in total. The van der Waals surface area contributed by atoms with Gasteiger partial charge >= 0.3 is 0 Å². The molecule has 2 rings (SSSR count). The number of nitrogens with one attached hydrogen (secondary N) is 2. The molecule has 0 fully saturated rings. The SMILES string of the molecule is CNC(=O)CCNc1nc(N)cn2ccnc12. The van der Waals surface area contributed by atoms with Gasteiger partial charge in [-0.05, 0) is 0 Å². The summed E-state index contributed by atoms with van der Waals surface area (Å²) in [5, 5.41) is 5.59. The first kappa shape index (κ1) is 11.2. The number of imidazole rings is 1. The van der Waals surface area contributed by atoms with Gasteiger partial charge in [-0.15, -0.1) is 0 Å². The molecule has 0 spiro atoms. The van der Waals surface area contributed by atoms with Crippen molar-refractivity contribution in [2.75, 3.05) is 24.6 Å². The molecule has 90 valence electrons. The molecule has 0 atom stereocenters. The van der Waals surface area contributed by atoms with Gasteiger partial charge in [0.05, 0.1) is 6.20 Å². The highest BCUT2D eigenvalue weighted by molar-refractivity contribution is 5.76. The van der Waals surface area contributed by atoms with E-state index in [2.05, 4.69) is 20.6 Å². The maximum absolute atomic E-state index is 11.1. The minimum absolute atomic E-state index is 0.0271. The quantitative estimate of drug-likeness (QED) is 0.684. The van der Waals surface area contributed by atoms with E-state index in [1.807, 2.05) is 0 Å².